The molecule has 0 spiro atoms. The van der Waals surface area contributed by atoms with E-state index in [4.69, 9.17) is 0 Å². The van der Waals surface area contributed by atoms with Crippen molar-refractivity contribution in [2.75, 3.05) is 18.1 Å². The normalized spacial score (nSPS) is 10.0. The number of nitriles is 1. The molecule has 102 valence electrons. The Morgan fingerprint density at radius 1 is 1.20 bits per heavy atom. The number of hydrogen-bond donors (Lipinski definition) is 2. The molecule has 0 radical (unpaired) electrons. The zero-order chi connectivity index (χ0) is 14.4. The van der Waals surface area contributed by atoms with Crippen molar-refractivity contribution < 1.29 is 5.11 Å². The predicted molar refractivity (Wildman–Crippen MR) is 83.2 cm³/mol. The largest absolute Gasteiger partial charge is 0.508 e. The topological polar surface area (TPSA) is 56.0 Å². The molecule has 0 saturated carbocycles. The lowest BCUT2D eigenvalue weighted by atomic mass is 10.1. The summed E-state index contributed by atoms with van der Waals surface area (Å²) in [5.74, 6) is 0.279. The predicted octanol–water partition coefficient (Wildman–Crippen LogP) is 3.64. The van der Waals surface area contributed by atoms with Crippen LogP contribution >= 0.6 is 11.8 Å². The maximum absolute atomic E-state index is 9.25. The van der Waals surface area contributed by atoms with Crippen molar-refractivity contribution in [1.29, 1.82) is 5.26 Å². The van der Waals surface area contributed by atoms with E-state index in [0.29, 0.717) is 5.56 Å². The summed E-state index contributed by atoms with van der Waals surface area (Å²) in [6.07, 6.45) is 2.81. The molecule has 2 aromatic rings. The molecular formula is C16H16N2OS. The van der Waals surface area contributed by atoms with Crippen LogP contribution in [0.2, 0.25) is 0 Å². The minimum Gasteiger partial charge on any atom is -0.508 e. The van der Waals surface area contributed by atoms with E-state index in [9.17, 15) is 10.4 Å². The molecule has 0 bridgehead atoms. The minimum atomic E-state index is 0.279. The lowest BCUT2D eigenvalue weighted by molar-refractivity contribution is 0.475. The third-order valence-corrected chi connectivity index (χ3v) is 3.80. The number of benzene rings is 2. The van der Waals surface area contributed by atoms with Crippen LogP contribution in [0.25, 0.3) is 0 Å². The van der Waals surface area contributed by atoms with Crippen molar-refractivity contribution >= 4 is 17.4 Å². The van der Waals surface area contributed by atoms with Crippen molar-refractivity contribution in [1.82, 2.24) is 0 Å². The molecule has 0 aliphatic rings. The van der Waals surface area contributed by atoms with E-state index in [2.05, 4.69) is 11.4 Å². The first kappa shape index (κ1) is 14.3. The highest BCUT2D eigenvalue weighted by Gasteiger charge is 2.06. The van der Waals surface area contributed by atoms with Crippen molar-refractivity contribution in [2.24, 2.45) is 0 Å². The molecule has 4 heteroatoms. The highest BCUT2D eigenvalue weighted by Crippen LogP contribution is 2.26. The molecule has 0 fully saturated rings. The zero-order valence-electron chi connectivity index (χ0n) is 11.3. The Morgan fingerprint density at radius 2 is 1.95 bits per heavy atom. The summed E-state index contributed by atoms with van der Waals surface area (Å²) in [5.41, 5.74) is 2.72. The fraction of sp³-hybridized carbons (Fsp3) is 0.188. The summed E-state index contributed by atoms with van der Waals surface area (Å²) < 4.78 is 0. The third-order valence-electron chi connectivity index (χ3n) is 3.02. The number of aromatic hydroxyl groups is 1. The van der Waals surface area contributed by atoms with E-state index in [1.807, 2.05) is 36.6 Å². The van der Waals surface area contributed by atoms with Crippen LogP contribution in [0.4, 0.5) is 5.69 Å². The first-order chi connectivity index (χ1) is 9.74. The highest BCUT2D eigenvalue weighted by atomic mass is 32.2. The fourth-order valence-electron chi connectivity index (χ4n) is 1.97. The number of nitrogens with one attached hydrogen (secondary N) is 1. The standard InChI is InChI=1S/C16H16N2OS/c1-20-16-4-2-3-15(14(16)11-17)18-10-9-12-5-7-13(19)8-6-12/h2-8,18-19H,9-10H2,1H3. The molecule has 2 aromatic carbocycles. The molecule has 2 rings (SSSR count). The van der Waals surface area contributed by atoms with Gasteiger partial charge in [0.2, 0.25) is 0 Å². The monoisotopic (exact) mass is 284 g/mol. The van der Waals surface area contributed by atoms with Crippen LogP contribution in [0.15, 0.2) is 47.4 Å². The maximum atomic E-state index is 9.25. The molecule has 0 saturated heterocycles. The molecule has 0 heterocycles. The molecule has 2 N–H and O–H groups in total. The van der Waals surface area contributed by atoms with Crippen LogP contribution in [-0.2, 0) is 6.42 Å². The molecule has 0 amide bonds. The Bertz CT molecular complexity index is 617. The van der Waals surface area contributed by atoms with Gasteiger partial charge in [-0.3, -0.25) is 0 Å². The van der Waals surface area contributed by atoms with Crippen molar-refractivity contribution in [3.05, 3.63) is 53.6 Å². The summed E-state index contributed by atoms with van der Waals surface area (Å²) in [7, 11) is 0. The number of phenols is 1. The van der Waals surface area contributed by atoms with E-state index in [0.717, 1.165) is 29.1 Å². The van der Waals surface area contributed by atoms with Gasteiger partial charge in [0.05, 0.1) is 11.3 Å². The lowest BCUT2D eigenvalue weighted by Gasteiger charge is -2.10. The molecule has 20 heavy (non-hydrogen) atoms. The molecule has 3 nitrogen and oxygen atoms in total. The van der Waals surface area contributed by atoms with Crippen LogP contribution in [0.3, 0.4) is 0 Å². The minimum absolute atomic E-state index is 0.279. The second-order valence-corrected chi connectivity index (χ2v) is 5.19. The van der Waals surface area contributed by atoms with E-state index in [1.54, 1.807) is 23.9 Å². The SMILES string of the molecule is CSc1cccc(NCCc2ccc(O)cc2)c1C#N. The van der Waals surface area contributed by atoms with E-state index in [1.165, 1.54) is 0 Å². The number of rotatable bonds is 5. The van der Waals surface area contributed by atoms with Gasteiger partial charge in [-0.15, -0.1) is 11.8 Å². The van der Waals surface area contributed by atoms with Crippen LogP contribution < -0.4 is 5.32 Å². The number of nitrogens with zero attached hydrogens (tertiary/aromatic N) is 1. The van der Waals surface area contributed by atoms with E-state index < -0.39 is 0 Å². The first-order valence-electron chi connectivity index (χ1n) is 6.33. The smallest absolute Gasteiger partial charge is 0.115 e. The van der Waals surface area contributed by atoms with Crippen molar-refractivity contribution in [3.8, 4) is 11.8 Å². The van der Waals surface area contributed by atoms with Crippen LogP contribution in [0.5, 0.6) is 5.75 Å². The Balaban J connectivity index is 2.01. The maximum Gasteiger partial charge on any atom is 0.115 e. The van der Waals surface area contributed by atoms with Crippen molar-refractivity contribution in [3.63, 3.8) is 0 Å². The second kappa shape index (κ2) is 6.88. The highest BCUT2D eigenvalue weighted by molar-refractivity contribution is 7.98. The third kappa shape index (κ3) is 3.46. The van der Waals surface area contributed by atoms with Gasteiger partial charge in [0, 0.05) is 11.4 Å². The Hall–Kier alpha value is -2.12. The van der Waals surface area contributed by atoms with Gasteiger partial charge in [0.1, 0.15) is 11.8 Å². The van der Waals surface area contributed by atoms with Gasteiger partial charge in [-0.1, -0.05) is 18.2 Å². The number of thioether (sulfide) groups is 1. The summed E-state index contributed by atoms with van der Waals surface area (Å²) in [6, 6.07) is 15.3. The number of anilines is 1. The summed E-state index contributed by atoms with van der Waals surface area (Å²) in [4.78, 5) is 0.988. The zero-order valence-corrected chi connectivity index (χ0v) is 12.1. The Morgan fingerprint density at radius 3 is 2.60 bits per heavy atom. The molecule has 0 aliphatic heterocycles. The van der Waals surface area contributed by atoms with E-state index >= 15 is 0 Å². The number of hydrogen-bond acceptors (Lipinski definition) is 4. The van der Waals surface area contributed by atoms with Crippen LogP contribution in [-0.4, -0.2) is 17.9 Å². The summed E-state index contributed by atoms with van der Waals surface area (Å²) in [6.45, 7) is 0.747. The van der Waals surface area contributed by atoms with Crippen molar-refractivity contribution in [2.45, 2.75) is 11.3 Å². The van der Waals surface area contributed by atoms with E-state index in [-0.39, 0.29) is 5.75 Å². The average Bonchev–Trinajstić information content (AvgIpc) is 2.49. The Labute approximate surface area is 123 Å². The molecule has 0 aromatic heterocycles. The second-order valence-electron chi connectivity index (χ2n) is 4.34. The Kier molecular flexibility index (Phi) is 4.91. The number of phenolic OH excluding ortho intramolecular Hbond substituents is 1. The summed E-state index contributed by atoms with van der Waals surface area (Å²) >= 11 is 1.58. The molecule has 0 atom stereocenters. The van der Waals surface area contributed by atoms with Gasteiger partial charge in [-0.05, 0) is 42.5 Å². The fourth-order valence-corrected chi connectivity index (χ4v) is 2.54. The summed E-state index contributed by atoms with van der Waals surface area (Å²) in [5, 5.41) is 21.8. The van der Waals surface area contributed by atoms with Gasteiger partial charge in [-0.25, -0.2) is 0 Å². The lowest BCUT2D eigenvalue weighted by Crippen LogP contribution is -2.06. The van der Waals surface area contributed by atoms with Gasteiger partial charge >= 0.3 is 0 Å². The average molecular weight is 284 g/mol. The van der Waals surface area contributed by atoms with Gasteiger partial charge < -0.3 is 10.4 Å². The van der Waals surface area contributed by atoms with Crippen LogP contribution in [0, 0.1) is 11.3 Å². The molecular weight excluding hydrogens is 268 g/mol. The van der Waals surface area contributed by atoms with Gasteiger partial charge in [-0.2, -0.15) is 5.26 Å². The van der Waals surface area contributed by atoms with Crippen LogP contribution in [0.1, 0.15) is 11.1 Å². The first-order valence-corrected chi connectivity index (χ1v) is 7.56. The quantitative estimate of drug-likeness (QED) is 0.823. The molecule has 0 unspecified atom stereocenters. The van der Waals surface area contributed by atoms with Gasteiger partial charge in [0.25, 0.3) is 0 Å². The molecule has 0 aliphatic carbocycles. The van der Waals surface area contributed by atoms with Gasteiger partial charge in [0.15, 0.2) is 0 Å².